The number of carbonyl (C=O) groups excluding carboxylic acids is 1. The van der Waals surface area contributed by atoms with Crippen LogP contribution in [0.2, 0.25) is 0 Å². The van der Waals surface area contributed by atoms with E-state index < -0.39 is 10.8 Å². The molecule has 0 radical (unpaired) electrons. The Balaban J connectivity index is 1.86. The average molecular weight is 532 g/mol. The second kappa shape index (κ2) is 10.3. The fourth-order valence-corrected chi connectivity index (χ4v) is 3.68. The summed E-state index contributed by atoms with van der Waals surface area (Å²) in [6.45, 7) is 4.35. The zero-order chi connectivity index (χ0) is 22.4. The van der Waals surface area contributed by atoms with E-state index in [0.717, 1.165) is 11.1 Å². The molecule has 3 rings (SSSR count). The lowest BCUT2D eigenvalue weighted by Crippen LogP contribution is -2.14. The minimum Gasteiger partial charge on any atom is -0.490 e. The van der Waals surface area contributed by atoms with Crippen LogP contribution in [0.1, 0.15) is 28.4 Å². The molecule has 3 aromatic carbocycles. The molecule has 0 aliphatic rings. The van der Waals surface area contributed by atoms with Gasteiger partial charge in [0.25, 0.3) is 11.6 Å². The molecule has 0 aliphatic carbocycles. The molecule has 0 spiro atoms. The first kappa shape index (κ1) is 22.5. The zero-order valence-electron chi connectivity index (χ0n) is 17.1. The Kier molecular flexibility index (Phi) is 7.45. The zero-order valence-corrected chi connectivity index (χ0v) is 19.2. The van der Waals surface area contributed by atoms with Gasteiger partial charge in [-0.15, -0.1) is 0 Å². The summed E-state index contributed by atoms with van der Waals surface area (Å²) in [6.07, 6.45) is 0. The van der Waals surface area contributed by atoms with Crippen molar-refractivity contribution in [2.24, 2.45) is 0 Å². The maximum atomic E-state index is 12.8. The number of aryl methyl sites for hydroxylation is 1. The van der Waals surface area contributed by atoms with Gasteiger partial charge in [-0.3, -0.25) is 14.9 Å². The van der Waals surface area contributed by atoms with Gasteiger partial charge in [0.1, 0.15) is 12.3 Å². The quantitative estimate of drug-likeness (QED) is 0.227. The summed E-state index contributed by atoms with van der Waals surface area (Å²) in [6, 6.07) is 17.6. The molecule has 160 valence electrons. The fourth-order valence-electron chi connectivity index (χ4n) is 2.92. The van der Waals surface area contributed by atoms with Crippen LogP contribution in [0.4, 0.5) is 11.4 Å². The van der Waals surface area contributed by atoms with Crippen molar-refractivity contribution in [3.05, 3.63) is 91.0 Å². The van der Waals surface area contributed by atoms with Crippen molar-refractivity contribution in [1.29, 1.82) is 0 Å². The molecule has 0 unspecified atom stereocenters. The molecular weight excluding hydrogens is 511 g/mol. The van der Waals surface area contributed by atoms with Crippen molar-refractivity contribution < 1.29 is 19.2 Å². The largest absolute Gasteiger partial charge is 0.490 e. The lowest BCUT2D eigenvalue weighted by molar-refractivity contribution is -0.384. The molecule has 0 fully saturated rings. The van der Waals surface area contributed by atoms with E-state index in [-0.39, 0.29) is 11.4 Å². The highest BCUT2D eigenvalue weighted by Crippen LogP contribution is 2.35. The van der Waals surface area contributed by atoms with E-state index in [9.17, 15) is 14.9 Å². The van der Waals surface area contributed by atoms with Crippen LogP contribution in [0.15, 0.2) is 60.7 Å². The van der Waals surface area contributed by atoms with Gasteiger partial charge in [0.2, 0.25) is 0 Å². The number of nitrogens with one attached hydrogen (secondary N) is 1. The SMILES string of the molecule is CCOc1cc(C(=O)Nc2ccc(C)cc2[N+](=O)[O-])cc(I)c1OCc1ccccc1. The average Bonchev–Trinajstić information content (AvgIpc) is 2.75. The lowest BCUT2D eigenvalue weighted by Gasteiger charge is -2.16. The molecule has 0 heterocycles. The number of benzene rings is 3. The minimum absolute atomic E-state index is 0.137. The monoisotopic (exact) mass is 532 g/mol. The number of anilines is 1. The Morgan fingerprint density at radius 1 is 1.10 bits per heavy atom. The molecule has 0 aliphatic heterocycles. The Labute approximate surface area is 193 Å². The highest BCUT2D eigenvalue weighted by atomic mass is 127. The summed E-state index contributed by atoms with van der Waals surface area (Å²) in [7, 11) is 0. The van der Waals surface area contributed by atoms with Crippen molar-refractivity contribution in [2.45, 2.75) is 20.5 Å². The van der Waals surface area contributed by atoms with E-state index in [0.29, 0.717) is 33.8 Å². The molecule has 0 saturated heterocycles. The molecule has 3 aromatic rings. The van der Waals surface area contributed by atoms with Gasteiger partial charge < -0.3 is 14.8 Å². The molecule has 0 bridgehead atoms. The molecule has 0 saturated carbocycles. The highest BCUT2D eigenvalue weighted by molar-refractivity contribution is 14.1. The van der Waals surface area contributed by atoms with Crippen molar-refractivity contribution in [3.63, 3.8) is 0 Å². The maximum Gasteiger partial charge on any atom is 0.293 e. The normalized spacial score (nSPS) is 10.4. The molecule has 1 amide bonds. The number of carbonyl (C=O) groups is 1. The third-order valence-electron chi connectivity index (χ3n) is 4.40. The first-order valence-electron chi connectivity index (χ1n) is 9.58. The number of hydrogen-bond acceptors (Lipinski definition) is 5. The third-order valence-corrected chi connectivity index (χ3v) is 5.20. The van der Waals surface area contributed by atoms with Gasteiger partial charge >= 0.3 is 0 Å². The number of nitrogens with zero attached hydrogens (tertiary/aromatic N) is 1. The van der Waals surface area contributed by atoms with Crippen LogP contribution in [0, 0.1) is 20.6 Å². The Morgan fingerprint density at radius 3 is 2.52 bits per heavy atom. The fraction of sp³-hybridized carbons (Fsp3) is 0.174. The molecule has 0 atom stereocenters. The summed E-state index contributed by atoms with van der Waals surface area (Å²) in [5, 5.41) is 14.0. The van der Waals surface area contributed by atoms with E-state index in [1.807, 2.05) is 37.3 Å². The van der Waals surface area contributed by atoms with Gasteiger partial charge in [0, 0.05) is 11.6 Å². The summed E-state index contributed by atoms with van der Waals surface area (Å²) < 4.78 is 12.4. The number of nitro benzene ring substituents is 1. The first-order chi connectivity index (χ1) is 14.9. The van der Waals surface area contributed by atoms with Crippen LogP contribution in [-0.4, -0.2) is 17.4 Å². The van der Waals surface area contributed by atoms with Gasteiger partial charge in [-0.1, -0.05) is 36.4 Å². The predicted octanol–water partition coefficient (Wildman–Crippen LogP) is 5.74. The van der Waals surface area contributed by atoms with E-state index in [1.54, 1.807) is 25.1 Å². The molecule has 0 aromatic heterocycles. The Bertz CT molecular complexity index is 1100. The Hall–Kier alpha value is -3.14. The van der Waals surface area contributed by atoms with Crippen molar-refractivity contribution in [2.75, 3.05) is 11.9 Å². The number of hydrogen-bond donors (Lipinski definition) is 1. The maximum absolute atomic E-state index is 12.8. The number of halogens is 1. The van der Waals surface area contributed by atoms with Crippen molar-refractivity contribution >= 4 is 39.9 Å². The third kappa shape index (κ3) is 5.72. The first-order valence-corrected chi connectivity index (χ1v) is 10.7. The predicted molar refractivity (Wildman–Crippen MR) is 127 cm³/mol. The van der Waals surface area contributed by atoms with Crippen LogP contribution >= 0.6 is 22.6 Å². The van der Waals surface area contributed by atoms with Crippen LogP contribution in [-0.2, 0) is 6.61 Å². The van der Waals surface area contributed by atoms with Crippen LogP contribution in [0.5, 0.6) is 11.5 Å². The molecule has 1 N–H and O–H groups in total. The van der Waals surface area contributed by atoms with E-state index >= 15 is 0 Å². The summed E-state index contributed by atoms with van der Waals surface area (Å²) in [4.78, 5) is 23.7. The van der Waals surface area contributed by atoms with Gasteiger partial charge in [0.05, 0.1) is 15.1 Å². The highest BCUT2D eigenvalue weighted by Gasteiger charge is 2.20. The van der Waals surface area contributed by atoms with Gasteiger partial charge in [-0.05, 0) is 65.8 Å². The molecule has 8 heteroatoms. The Morgan fingerprint density at radius 2 is 1.84 bits per heavy atom. The standard InChI is InChI=1S/C23H21IN2O5/c1-3-30-21-13-17(12-18(24)22(21)31-14-16-7-5-4-6-8-16)23(27)25-19-10-9-15(2)11-20(19)26(28)29/h4-13H,3,14H2,1-2H3,(H,25,27). The van der Waals surface area contributed by atoms with E-state index in [4.69, 9.17) is 9.47 Å². The second-order valence-electron chi connectivity index (χ2n) is 6.72. The van der Waals surface area contributed by atoms with Gasteiger partial charge in [-0.2, -0.15) is 0 Å². The number of amides is 1. The second-order valence-corrected chi connectivity index (χ2v) is 7.89. The number of rotatable bonds is 8. The summed E-state index contributed by atoms with van der Waals surface area (Å²) >= 11 is 2.09. The van der Waals surface area contributed by atoms with Crippen LogP contribution < -0.4 is 14.8 Å². The number of nitro groups is 1. The van der Waals surface area contributed by atoms with Crippen LogP contribution in [0.3, 0.4) is 0 Å². The van der Waals surface area contributed by atoms with E-state index in [2.05, 4.69) is 27.9 Å². The van der Waals surface area contributed by atoms with Crippen LogP contribution in [0.25, 0.3) is 0 Å². The topological polar surface area (TPSA) is 90.7 Å². The van der Waals surface area contributed by atoms with E-state index in [1.165, 1.54) is 12.1 Å². The van der Waals surface area contributed by atoms with Crippen molar-refractivity contribution in [1.82, 2.24) is 0 Å². The summed E-state index contributed by atoms with van der Waals surface area (Å²) in [5.74, 6) is 0.512. The number of ether oxygens (including phenoxy) is 2. The molecule has 31 heavy (non-hydrogen) atoms. The minimum atomic E-state index is -0.515. The lowest BCUT2D eigenvalue weighted by atomic mass is 10.1. The molecule has 7 nitrogen and oxygen atoms in total. The van der Waals surface area contributed by atoms with Gasteiger partial charge in [0.15, 0.2) is 11.5 Å². The van der Waals surface area contributed by atoms with Crippen molar-refractivity contribution in [3.8, 4) is 11.5 Å². The molecular formula is C23H21IN2O5. The van der Waals surface area contributed by atoms with Gasteiger partial charge in [-0.25, -0.2) is 0 Å². The smallest absolute Gasteiger partial charge is 0.293 e. The summed E-state index contributed by atoms with van der Waals surface area (Å²) in [5.41, 5.74) is 2.04.